The van der Waals surface area contributed by atoms with Crippen LogP contribution < -0.4 is 4.90 Å². The smallest absolute Gasteiger partial charge is 0.266 e. The number of anilines is 1. The van der Waals surface area contributed by atoms with Crippen LogP contribution >= 0.6 is 0 Å². The molecule has 0 aromatic heterocycles. The number of para-hydroxylation sites is 1. The first-order chi connectivity index (χ1) is 11.6. The summed E-state index contributed by atoms with van der Waals surface area (Å²) in [5, 5.41) is 9.42. The second kappa shape index (κ2) is 6.75. The van der Waals surface area contributed by atoms with Crippen molar-refractivity contribution in [2.24, 2.45) is 0 Å². The summed E-state index contributed by atoms with van der Waals surface area (Å²) < 4.78 is 0. The summed E-state index contributed by atoms with van der Waals surface area (Å²) in [6.07, 6.45) is 2.57. The molecule has 0 unspecified atom stereocenters. The summed E-state index contributed by atoms with van der Waals surface area (Å²) in [7, 11) is 0. The lowest BCUT2D eigenvalue weighted by molar-refractivity contribution is -0.136. The molecule has 1 saturated heterocycles. The van der Waals surface area contributed by atoms with Gasteiger partial charge in [0.15, 0.2) is 0 Å². The van der Waals surface area contributed by atoms with Gasteiger partial charge in [-0.3, -0.25) is 9.59 Å². The van der Waals surface area contributed by atoms with Crippen molar-refractivity contribution in [1.29, 1.82) is 5.26 Å². The van der Waals surface area contributed by atoms with Crippen LogP contribution in [0.1, 0.15) is 12.5 Å². The fourth-order valence-electron chi connectivity index (χ4n) is 3.18. The molecule has 3 rings (SSSR count). The molecule has 6 nitrogen and oxygen atoms in total. The van der Waals surface area contributed by atoms with Gasteiger partial charge in [-0.05, 0) is 18.1 Å². The molecule has 2 aliphatic rings. The maximum absolute atomic E-state index is 12.6. The van der Waals surface area contributed by atoms with E-state index in [1.165, 1.54) is 12.5 Å². The van der Waals surface area contributed by atoms with E-state index in [2.05, 4.69) is 6.07 Å². The molecule has 2 heterocycles. The summed E-state index contributed by atoms with van der Waals surface area (Å²) in [5.41, 5.74) is 2.43. The molecule has 2 aliphatic heterocycles. The Kier molecular flexibility index (Phi) is 4.52. The normalized spacial score (nSPS) is 17.5. The number of fused-ring (bicyclic) bond motifs is 1. The van der Waals surface area contributed by atoms with Crippen molar-refractivity contribution in [2.45, 2.75) is 13.3 Å². The highest BCUT2D eigenvalue weighted by atomic mass is 16.2. The van der Waals surface area contributed by atoms with Gasteiger partial charge in [-0.15, -0.1) is 0 Å². The molecule has 0 saturated carbocycles. The minimum absolute atomic E-state index is 0.0202. The maximum Gasteiger partial charge on any atom is 0.266 e. The highest BCUT2D eigenvalue weighted by Crippen LogP contribution is 2.28. The molecule has 2 amide bonds. The van der Waals surface area contributed by atoms with Gasteiger partial charge in [0.25, 0.3) is 5.91 Å². The van der Waals surface area contributed by atoms with Gasteiger partial charge in [0.1, 0.15) is 11.6 Å². The molecule has 1 aromatic carbocycles. The largest absolute Gasteiger partial charge is 0.346 e. The van der Waals surface area contributed by atoms with Crippen molar-refractivity contribution in [3.05, 3.63) is 41.6 Å². The van der Waals surface area contributed by atoms with Crippen LogP contribution in [-0.4, -0.2) is 54.3 Å². The Morgan fingerprint density at radius 3 is 2.42 bits per heavy atom. The topological polar surface area (TPSA) is 67.6 Å². The van der Waals surface area contributed by atoms with Crippen LogP contribution in [0.25, 0.3) is 0 Å². The van der Waals surface area contributed by atoms with Gasteiger partial charge < -0.3 is 14.7 Å². The third kappa shape index (κ3) is 3.11. The van der Waals surface area contributed by atoms with E-state index in [1.54, 1.807) is 16.0 Å². The highest BCUT2D eigenvalue weighted by Gasteiger charge is 2.26. The van der Waals surface area contributed by atoms with Gasteiger partial charge in [-0.2, -0.15) is 5.26 Å². The molecule has 1 fully saturated rings. The van der Waals surface area contributed by atoms with E-state index >= 15 is 0 Å². The Morgan fingerprint density at radius 1 is 1.08 bits per heavy atom. The van der Waals surface area contributed by atoms with Gasteiger partial charge in [0.2, 0.25) is 5.91 Å². The Labute approximate surface area is 141 Å². The van der Waals surface area contributed by atoms with E-state index in [9.17, 15) is 14.9 Å². The molecule has 0 bridgehead atoms. The van der Waals surface area contributed by atoms with Crippen LogP contribution in [0, 0.1) is 11.3 Å². The summed E-state index contributed by atoms with van der Waals surface area (Å²) in [4.78, 5) is 29.3. The van der Waals surface area contributed by atoms with Gasteiger partial charge in [-0.25, -0.2) is 0 Å². The fraction of sp³-hybridized carbons (Fsp3) is 0.389. The predicted molar refractivity (Wildman–Crippen MR) is 90.0 cm³/mol. The van der Waals surface area contributed by atoms with Crippen LogP contribution in [0.3, 0.4) is 0 Å². The quantitative estimate of drug-likeness (QED) is 0.604. The molecular formula is C18H20N4O2. The first-order valence-corrected chi connectivity index (χ1v) is 8.11. The number of nitrogens with zero attached hydrogens (tertiary/aromatic N) is 4. The number of benzene rings is 1. The SMILES string of the molecule is CC(=O)N1CCN(C(=O)/C(C#N)=C\N2CCc3ccccc32)CC1. The number of hydrogen-bond donors (Lipinski definition) is 0. The molecule has 0 atom stereocenters. The molecule has 24 heavy (non-hydrogen) atoms. The molecular weight excluding hydrogens is 304 g/mol. The lowest BCUT2D eigenvalue weighted by Crippen LogP contribution is -2.50. The van der Waals surface area contributed by atoms with Gasteiger partial charge in [0.05, 0.1) is 0 Å². The lowest BCUT2D eigenvalue weighted by atomic mass is 10.2. The third-order valence-corrected chi connectivity index (χ3v) is 4.57. The minimum Gasteiger partial charge on any atom is -0.346 e. The van der Waals surface area contributed by atoms with E-state index in [1.807, 2.05) is 29.2 Å². The average Bonchev–Trinajstić information content (AvgIpc) is 3.02. The minimum atomic E-state index is -0.259. The van der Waals surface area contributed by atoms with Crippen molar-refractivity contribution in [3.8, 4) is 6.07 Å². The predicted octanol–water partition coefficient (Wildman–Crippen LogP) is 1.15. The van der Waals surface area contributed by atoms with Crippen LogP contribution in [-0.2, 0) is 16.0 Å². The number of nitriles is 1. The number of hydrogen-bond acceptors (Lipinski definition) is 4. The zero-order valence-corrected chi connectivity index (χ0v) is 13.7. The van der Waals surface area contributed by atoms with Crippen molar-refractivity contribution in [1.82, 2.24) is 9.80 Å². The zero-order valence-electron chi connectivity index (χ0n) is 13.7. The van der Waals surface area contributed by atoms with Gasteiger partial charge in [-0.1, -0.05) is 18.2 Å². The van der Waals surface area contributed by atoms with Crippen LogP contribution in [0.2, 0.25) is 0 Å². The summed E-state index contributed by atoms with van der Waals surface area (Å²) in [5.74, 6) is -0.239. The summed E-state index contributed by atoms with van der Waals surface area (Å²) in [6, 6.07) is 10.1. The number of rotatable bonds is 2. The highest BCUT2D eigenvalue weighted by molar-refractivity contribution is 5.98. The van der Waals surface area contributed by atoms with Gasteiger partial charge in [0, 0.05) is 51.5 Å². The molecule has 0 aliphatic carbocycles. The van der Waals surface area contributed by atoms with E-state index < -0.39 is 0 Å². The van der Waals surface area contributed by atoms with E-state index in [0.717, 1.165) is 18.7 Å². The Balaban J connectivity index is 1.72. The van der Waals surface area contributed by atoms with Crippen molar-refractivity contribution in [2.75, 3.05) is 37.6 Å². The zero-order chi connectivity index (χ0) is 17.1. The number of carbonyl (C=O) groups excluding carboxylic acids is 2. The summed E-state index contributed by atoms with van der Waals surface area (Å²) in [6.45, 7) is 4.28. The second-order valence-corrected chi connectivity index (χ2v) is 6.02. The molecule has 124 valence electrons. The van der Waals surface area contributed by atoms with Crippen molar-refractivity contribution < 1.29 is 9.59 Å². The standard InChI is InChI=1S/C18H20N4O2/c1-14(23)20-8-10-21(11-9-20)18(24)16(12-19)13-22-7-6-15-4-2-3-5-17(15)22/h2-5,13H,6-11H2,1H3/b16-13-. The van der Waals surface area contributed by atoms with Crippen molar-refractivity contribution in [3.63, 3.8) is 0 Å². The third-order valence-electron chi connectivity index (χ3n) is 4.57. The first kappa shape index (κ1) is 16.1. The number of carbonyl (C=O) groups is 2. The Morgan fingerprint density at radius 2 is 1.75 bits per heavy atom. The number of amides is 2. The fourth-order valence-corrected chi connectivity index (χ4v) is 3.18. The first-order valence-electron chi connectivity index (χ1n) is 8.11. The average molecular weight is 324 g/mol. The second-order valence-electron chi connectivity index (χ2n) is 6.02. The van der Waals surface area contributed by atoms with E-state index in [4.69, 9.17) is 0 Å². The molecule has 0 spiro atoms. The van der Waals surface area contributed by atoms with E-state index in [0.29, 0.717) is 26.2 Å². The molecule has 0 N–H and O–H groups in total. The number of piperazine rings is 1. The Hall–Kier alpha value is -2.81. The molecule has 1 aromatic rings. The van der Waals surface area contributed by atoms with Crippen LogP contribution in [0.5, 0.6) is 0 Å². The lowest BCUT2D eigenvalue weighted by Gasteiger charge is -2.34. The van der Waals surface area contributed by atoms with Crippen LogP contribution in [0.4, 0.5) is 5.69 Å². The van der Waals surface area contributed by atoms with Gasteiger partial charge >= 0.3 is 0 Å². The van der Waals surface area contributed by atoms with E-state index in [-0.39, 0.29) is 17.4 Å². The maximum atomic E-state index is 12.6. The molecule has 0 radical (unpaired) electrons. The van der Waals surface area contributed by atoms with Crippen LogP contribution in [0.15, 0.2) is 36.0 Å². The monoisotopic (exact) mass is 324 g/mol. The van der Waals surface area contributed by atoms with Crippen molar-refractivity contribution >= 4 is 17.5 Å². The molecule has 6 heteroatoms. The Bertz CT molecular complexity index is 727. The summed E-state index contributed by atoms with van der Waals surface area (Å²) >= 11 is 0.